The van der Waals surface area contributed by atoms with Crippen molar-refractivity contribution in [3.05, 3.63) is 24.0 Å². The Morgan fingerprint density at radius 1 is 1.35 bits per heavy atom. The third kappa shape index (κ3) is 2.98. The number of hydrogen-bond acceptors (Lipinski definition) is 6. The van der Waals surface area contributed by atoms with E-state index in [0.29, 0.717) is 37.3 Å². The van der Waals surface area contributed by atoms with Crippen molar-refractivity contribution in [1.82, 2.24) is 20.2 Å². The van der Waals surface area contributed by atoms with Gasteiger partial charge in [0, 0.05) is 36.3 Å². The molecule has 2 atom stereocenters. The highest BCUT2D eigenvalue weighted by Gasteiger charge is 2.33. The molecule has 2 aromatic rings. The molecule has 0 amide bonds. The van der Waals surface area contributed by atoms with Crippen LogP contribution in [0.3, 0.4) is 0 Å². The SMILES string of the molecule is NC[C@@H]1CN(c2nccc(Nc3cc(C4CC4)[nH]n3)n2)C[C@@H]1F. The van der Waals surface area contributed by atoms with Gasteiger partial charge in [-0.25, -0.2) is 9.37 Å². The summed E-state index contributed by atoms with van der Waals surface area (Å²) in [5, 5.41) is 10.5. The molecule has 1 aliphatic heterocycles. The van der Waals surface area contributed by atoms with Gasteiger partial charge in [0.1, 0.15) is 12.0 Å². The van der Waals surface area contributed by atoms with Gasteiger partial charge < -0.3 is 16.0 Å². The molecule has 1 aliphatic carbocycles. The Morgan fingerprint density at radius 2 is 2.22 bits per heavy atom. The van der Waals surface area contributed by atoms with E-state index in [-0.39, 0.29) is 5.92 Å². The number of rotatable bonds is 5. The molecule has 0 spiro atoms. The van der Waals surface area contributed by atoms with E-state index < -0.39 is 6.17 Å². The average molecular weight is 317 g/mol. The zero-order valence-electron chi connectivity index (χ0n) is 12.7. The molecule has 4 N–H and O–H groups in total. The molecule has 0 radical (unpaired) electrons. The van der Waals surface area contributed by atoms with E-state index in [4.69, 9.17) is 5.73 Å². The van der Waals surface area contributed by atoms with Crippen molar-refractivity contribution in [2.24, 2.45) is 11.7 Å². The van der Waals surface area contributed by atoms with Crippen LogP contribution >= 0.6 is 0 Å². The van der Waals surface area contributed by atoms with Crippen molar-refractivity contribution < 1.29 is 4.39 Å². The van der Waals surface area contributed by atoms with E-state index in [1.54, 1.807) is 12.3 Å². The van der Waals surface area contributed by atoms with Crippen molar-refractivity contribution >= 4 is 17.6 Å². The molecule has 0 bridgehead atoms. The van der Waals surface area contributed by atoms with Crippen LogP contribution in [0.1, 0.15) is 24.5 Å². The Kier molecular flexibility index (Phi) is 3.60. The molecule has 23 heavy (non-hydrogen) atoms. The summed E-state index contributed by atoms with van der Waals surface area (Å²) in [4.78, 5) is 10.6. The van der Waals surface area contributed by atoms with E-state index in [0.717, 1.165) is 11.5 Å². The zero-order valence-corrected chi connectivity index (χ0v) is 12.7. The second-order valence-electron chi connectivity index (χ2n) is 6.27. The van der Waals surface area contributed by atoms with Crippen molar-refractivity contribution in [3.8, 4) is 0 Å². The molecule has 1 saturated heterocycles. The minimum absolute atomic E-state index is 0.150. The van der Waals surface area contributed by atoms with Crippen LogP contribution in [0.25, 0.3) is 0 Å². The molecule has 3 heterocycles. The maximum Gasteiger partial charge on any atom is 0.227 e. The van der Waals surface area contributed by atoms with Gasteiger partial charge in [-0.05, 0) is 25.5 Å². The average Bonchev–Trinajstić information content (AvgIpc) is 3.19. The summed E-state index contributed by atoms with van der Waals surface area (Å²) in [6, 6.07) is 3.79. The largest absolute Gasteiger partial charge is 0.337 e. The van der Waals surface area contributed by atoms with E-state index in [1.807, 2.05) is 11.0 Å². The van der Waals surface area contributed by atoms with Crippen molar-refractivity contribution in [1.29, 1.82) is 0 Å². The Labute approximate surface area is 133 Å². The lowest BCUT2D eigenvalue weighted by Crippen LogP contribution is -2.24. The van der Waals surface area contributed by atoms with Gasteiger partial charge in [0.05, 0.1) is 6.54 Å². The van der Waals surface area contributed by atoms with Crippen LogP contribution in [0.15, 0.2) is 18.3 Å². The first-order valence-corrected chi connectivity index (χ1v) is 7.97. The molecule has 2 fully saturated rings. The summed E-state index contributed by atoms with van der Waals surface area (Å²) in [6.45, 7) is 1.18. The smallest absolute Gasteiger partial charge is 0.227 e. The molecule has 122 valence electrons. The van der Waals surface area contributed by atoms with Crippen LogP contribution in [0, 0.1) is 5.92 Å². The lowest BCUT2D eigenvalue weighted by Gasteiger charge is -2.16. The van der Waals surface area contributed by atoms with E-state index in [2.05, 4.69) is 25.5 Å². The fraction of sp³-hybridized carbons (Fsp3) is 0.533. The normalized spacial score (nSPS) is 24.2. The molecule has 4 rings (SSSR count). The Balaban J connectivity index is 1.47. The first-order chi connectivity index (χ1) is 11.2. The molecule has 7 nitrogen and oxygen atoms in total. The molecule has 1 saturated carbocycles. The van der Waals surface area contributed by atoms with E-state index in [9.17, 15) is 4.39 Å². The number of H-pyrrole nitrogens is 1. The van der Waals surface area contributed by atoms with Crippen LogP contribution in [-0.2, 0) is 0 Å². The predicted molar refractivity (Wildman–Crippen MR) is 85.5 cm³/mol. The van der Waals surface area contributed by atoms with E-state index >= 15 is 0 Å². The second kappa shape index (κ2) is 5.77. The first-order valence-electron chi connectivity index (χ1n) is 7.97. The monoisotopic (exact) mass is 317 g/mol. The summed E-state index contributed by atoms with van der Waals surface area (Å²) in [6.07, 6.45) is 3.19. The number of anilines is 3. The standard InChI is InChI=1S/C15H20FN7/c16-11-8-23(7-10(11)6-17)15-18-4-3-13(20-15)19-14-5-12(21-22-14)9-1-2-9/h3-5,9-11H,1-2,6-8,17H2,(H2,18,19,20,21,22)/t10-,11+/m1/s1. The minimum atomic E-state index is -0.923. The van der Waals surface area contributed by atoms with Gasteiger partial charge in [0.25, 0.3) is 0 Å². The Bertz CT molecular complexity index is 684. The molecule has 2 aliphatic rings. The summed E-state index contributed by atoms with van der Waals surface area (Å²) >= 11 is 0. The number of halogens is 1. The molecular weight excluding hydrogens is 297 g/mol. The van der Waals surface area contributed by atoms with Gasteiger partial charge in [-0.2, -0.15) is 10.1 Å². The molecular formula is C15H20FN7. The minimum Gasteiger partial charge on any atom is -0.337 e. The van der Waals surface area contributed by atoms with Gasteiger partial charge in [0.15, 0.2) is 5.82 Å². The van der Waals surface area contributed by atoms with Gasteiger partial charge in [0.2, 0.25) is 5.95 Å². The maximum atomic E-state index is 13.8. The van der Waals surface area contributed by atoms with Crippen LogP contribution in [0.5, 0.6) is 0 Å². The van der Waals surface area contributed by atoms with Gasteiger partial charge in [-0.3, -0.25) is 5.10 Å². The van der Waals surface area contributed by atoms with Gasteiger partial charge in [-0.1, -0.05) is 0 Å². The lowest BCUT2D eigenvalue weighted by atomic mass is 10.1. The van der Waals surface area contributed by atoms with Crippen LogP contribution in [0.4, 0.5) is 22.0 Å². The molecule has 2 aromatic heterocycles. The summed E-state index contributed by atoms with van der Waals surface area (Å²) in [7, 11) is 0. The predicted octanol–water partition coefficient (Wildman–Crippen LogP) is 1.55. The molecule has 8 heteroatoms. The highest BCUT2D eigenvalue weighted by Crippen LogP contribution is 2.39. The number of nitrogens with zero attached hydrogens (tertiary/aromatic N) is 4. The maximum absolute atomic E-state index is 13.8. The number of hydrogen-bond donors (Lipinski definition) is 3. The van der Waals surface area contributed by atoms with Gasteiger partial charge in [-0.15, -0.1) is 0 Å². The Hall–Kier alpha value is -2.22. The number of nitrogens with one attached hydrogen (secondary N) is 2. The first kappa shape index (κ1) is 14.4. The van der Waals surface area contributed by atoms with Crippen LogP contribution in [-0.4, -0.2) is 46.0 Å². The number of nitrogens with two attached hydrogens (primary N) is 1. The van der Waals surface area contributed by atoms with Gasteiger partial charge >= 0.3 is 0 Å². The fourth-order valence-corrected chi connectivity index (χ4v) is 2.92. The van der Waals surface area contributed by atoms with Crippen molar-refractivity contribution in [2.75, 3.05) is 29.9 Å². The highest BCUT2D eigenvalue weighted by molar-refractivity contribution is 5.54. The van der Waals surface area contributed by atoms with Crippen LogP contribution in [0.2, 0.25) is 0 Å². The van der Waals surface area contributed by atoms with E-state index in [1.165, 1.54) is 12.8 Å². The second-order valence-corrected chi connectivity index (χ2v) is 6.27. The number of alkyl halides is 1. The highest BCUT2D eigenvalue weighted by atomic mass is 19.1. The third-order valence-electron chi connectivity index (χ3n) is 4.46. The van der Waals surface area contributed by atoms with Crippen molar-refractivity contribution in [3.63, 3.8) is 0 Å². The van der Waals surface area contributed by atoms with Crippen LogP contribution < -0.4 is 16.0 Å². The summed E-state index contributed by atoms with van der Waals surface area (Å²) in [5.74, 6) is 2.38. The molecule has 0 aromatic carbocycles. The molecule has 0 unspecified atom stereocenters. The zero-order chi connectivity index (χ0) is 15.8. The summed E-state index contributed by atoms with van der Waals surface area (Å²) in [5.41, 5.74) is 6.76. The fourth-order valence-electron chi connectivity index (χ4n) is 2.92. The number of aromatic amines is 1. The Morgan fingerprint density at radius 3 is 2.96 bits per heavy atom. The third-order valence-corrected chi connectivity index (χ3v) is 4.46. The quantitative estimate of drug-likeness (QED) is 0.774. The lowest BCUT2D eigenvalue weighted by molar-refractivity contribution is 0.289. The van der Waals surface area contributed by atoms with Crippen molar-refractivity contribution in [2.45, 2.75) is 24.9 Å². The topological polar surface area (TPSA) is 95.8 Å². The number of aromatic nitrogens is 4. The summed E-state index contributed by atoms with van der Waals surface area (Å²) < 4.78 is 13.8.